The van der Waals surface area contributed by atoms with Gasteiger partial charge in [-0.2, -0.15) is 0 Å². The molecule has 1 atom stereocenters. The topological polar surface area (TPSA) is 74.3 Å². The van der Waals surface area contributed by atoms with Crippen LogP contribution in [0.3, 0.4) is 0 Å². The summed E-state index contributed by atoms with van der Waals surface area (Å²) in [5.41, 5.74) is 4.87. The average Bonchev–Trinajstić information content (AvgIpc) is 2.75. The van der Waals surface area contributed by atoms with Crippen LogP contribution in [-0.4, -0.2) is 24.8 Å². The second kappa shape index (κ2) is 129. The van der Waals surface area contributed by atoms with Crippen molar-refractivity contribution in [3.05, 3.63) is 104 Å². The molecule has 146 valence electrons. The van der Waals surface area contributed by atoms with Crippen molar-refractivity contribution in [2.45, 2.75) is 18.9 Å². The van der Waals surface area contributed by atoms with Crippen LogP contribution < -0.4 is 5.73 Å². The maximum atomic E-state index is 10.3. The quantitative estimate of drug-likeness (QED) is 0.381. The molecule has 4 heteroatoms. The third kappa shape index (κ3) is 152. The molecule has 4 nitrogen and oxygen atoms in total. The lowest BCUT2D eigenvalue weighted by molar-refractivity contribution is -0.120. The summed E-state index contributed by atoms with van der Waals surface area (Å²) in [4.78, 5) is 20.5. The monoisotopic (exact) mass is 352 g/mol. The molecule has 0 aliphatic heterocycles. The molecule has 0 saturated heterocycles. The number of primary amides is 1. The van der Waals surface area contributed by atoms with Gasteiger partial charge >= 0.3 is 0 Å². The third-order valence-electron chi connectivity index (χ3n) is 1.09. The first-order chi connectivity index (χ1) is 12.2. The summed E-state index contributed by atoms with van der Waals surface area (Å²) in [6.07, 6.45) is 1.26. The molecule has 0 saturated carbocycles. The van der Waals surface area contributed by atoms with Crippen molar-refractivity contribution in [2.24, 2.45) is 5.73 Å². The lowest BCUT2D eigenvalue weighted by atomic mass is 10.2. The zero-order valence-corrected chi connectivity index (χ0v) is 16.2. The van der Waals surface area contributed by atoms with Gasteiger partial charge in [-0.15, -0.1) is 98.6 Å². The molecule has 0 unspecified atom stereocenters. The van der Waals surface area contributed by atoms with Crippen LogP contribution in [-0.2, 0) is 9.59 Å². The van der Waals surface area contributed by atoms with Crippen LogP contribution >= 0.6 is 0 Å². The number of hydrogen-bond donors (Lipinski definition) is 1. The lowest BCUT2D eigenvalue weighted by Crippen LogP contribution is -2.21. The minimum Gasteiger partial charge on any atom is -0.650 e. The van der Waals surface area contributed by atoms with Gasteiger partial charge in [0.05, 0.1) is 13.3 Å². The minimum atomic E-state index is -0.575. The molecule has 0 spiro atoms. The van der Waals surface area contributed by atoms with Gasteiger partial charge in [-0.3, -0.25) is 4.79 Å². The van der Waals surface area contributed by atoms with Gasteiger partial charge in [-0.25, -0.2) is 0 Å². The van der Waals surface area contributed by atoms with Crippen LogP contribution in [0, 0.1) is 6.92 Å². The summed E-state index contributed by atoms with van der Waals surface area (Å²) in [5.74, 6) is -0.505. The number of carbonyl (C=O) groups excluding carboxylic acids is 2. The SMILES string of the molecule is C=C.C=C.C=C.C=C.C=C.C=C.C=C.[CH2+]CC[N-][C@@H](C=O)CC(N)=O. The van der Waals surface area contributed by atoms with Gasteiger partial charge in [-0.05, 0) is 0 Å². The first-order valence-electron chi connectivity index (χ1n) is 6.90. The van der Waals surface area contributed by atoms with E-state index in [2.05, 4.69) is 104 Å². The van der Waals surface area contributed by atoms with E-state index in [4.69, 9.17) is 5.73 Å². The standard InChI is InChI=1S/C7H12N2O2.7C2H4/c1-2-3-9-6(5-10)4-7(8)11;7*1-2/h5-6H,1-4H2,(H2,8,11);7*1-2H2/t6-;;;;;;;/m1......./s1. The van der Waals surface area contributed by atoms with Crippen LogP contribution in [0.5, 0.6) is 0 Å². The van der Waals surface area contributed by atoms with Gasteiger partial charge in [0.2, 0.25) is 5.91 Å². The minimum absolute atomic E-state index is 0.00347. The maximum absolute atomic E-state index is 10.3. The Morgan fingerprint density at radius 2 is 1.12 bits per heavy atom. The molecule has 0 aromatic heterocycles. The highest BCUT2D eigenvalue weighted by Gasteiger charge is 1.99. The molecule has 0 aromatic carbocycles. The number of nitrogens with two attached hydrogens (primary N) is 1. The molecule has 0 aliphatic rings. The zero-order valence-electron chi connectivity index (χ0n) is 16.2. The summed E-state index contributed by atoms with van der Waals surface area (Å²) in [5, 5.41) is 3.87. The van der Waals surface area contributed by atoms with E-state index in [9.17, 15) is 9.59 Å². The highest BCUT2D eigenvalue weighted by Crippen LogP contribution is 2.02. The van der Waals surface area contributed by atoms with E-state index < -0.39 is 11.9 Å². The normalized spacial score (nSPS) is 6.56. The molecule has 2 N–H and O–H groups in total. The molecule has 0 radical (unpaired) electrons. The van der Waals surface area contributed by atoms with Gasteiger partial charge in [0.1, 0.15) is 6.29 Å². The predicted molar refractivity (Wildman–Crippen MR) is 121 cm³/mol. The summed E-state index contributed by atoms with van der Waals surface area (Å²) >= 11 is 0. The molecule has 0 rings (SSSR count). The fraction of sp³-hybridized carbons (Fsp3) is 0.190. The van der Waals surface area contributed by atoms with Gasteiger partial charge in [0.25, 0.3) is 0 Å². The van der Waals surface area contributed by atoms with Crippen LogP contribution in [0.4, 0.5) is 0 Å². The van der Waals surface area contributed by atoms with E-state index in [1.807, 2.05) is 0 Å². The van der Waals surface area contributed by atoms with Crippen molar-refractivity contribution in [2.75, 3.05) is 6.54 Å². The first-order valence-corrected chi connectivity index (χ1v) is 6.90. The van der Waals surface area contributed by atoms with Gasteiger partial charge in [-0.1, -0.05) is 6.04 Å². The molecule has 0 heterocycles. The molecular weight excluding hydrogens is 312 g/mol. The smallest absolute Gasteiger partial charge is 0.216 e. The summed E-state index contributed by atoms with van der Waals surface area (Å²) in [6, 6.07) is -0.575. The number of amides is 1. The van der Waals surface area contributed by atoms with E-state index >= 15 is 0 Å². The Kier molecular flexibility index (Phi) is 256. The lowest BCUT2D eigenvalue weighted by Gasteiger charge is -2.22. The van der Waals surface area contributed by atoms with E-state index in [1.165, 1.54) is 0 Å². The van der Waals surface area contributed by atoms with Crippen LogP contribution in [0.2, 0.25) is 0 Å². The van der Waals surface area contributed by atoms with E-state index in [0.29, 0.717) is 19.3 Å². The molecule has 0 aliphatic carbocycles. The Hall–Kier alpha value is -2.85. The van der Waals surface area contributed by atoms with Crippen molar-refractivity contribution >= 4 is 12.2 Å². The van der Waals surface area contributed by atoms with Crippen LogP contribution in [0.1, 0.15) is 12.8 Å². The highest BCUT2D eigenvalue weighted by atomic mass is 16.1. The third-order valence-corrected chi connectivity index (χ3v) is 1.09. The predicted octanol–water partition coefficient (Wildman–Crippen LogP) is 5.64. The Labute approximate surface area is 157 Å². The van der Waals surface area contributed by atoms with E-state index in [-0.39, 0.29) is 6.42 Å². The largest absolute Gasteiger partial charge is 0.650 e. The fourth-order valence-electron chi connectivity index (χ4n) is 0.619. The number of nitrogens with zero attached hydrogens (tertiary/aromatic N) is 1. The molecule has 25 heavy (non-hydrogen) atoms. The Bertz CT molecular complexity index is 202. The van der Waals surface area contributed by atoms with Gasteiger partial charge in [0.15, 0.2) is 0 Å². The van der Waals surface area contributed by atoms with Gasteiger partial charge < -0.3 is 15.8 Å². The molecular formula is C21H40N2O2. The van der Waals surface area contributed by atoms with Crippen LogP contribution in [0.15, 0.2) is 92.1 Å². The van der Waals surface area contributed by atoms with Crippen LogP contribution in [0.25, 0.3) is 5.32 Å². The van der Waals surface area contributed by atoms with Crippen molar-refractivity contribution in [1.82, 2.24) is 0 Å². The number of carbonyl (C=O) groups is 2. The highest BCUT2D eigenvalue weighted by molar-refractivity contribution is 5.79. The average molecular weight is 353 g/mol. The summed E-state index contributed by atoms with van der Waals surface area (Å²) < 4.78 is 0. The first kappa shape index (κ1) is 49.5. The zero-order chi connectivity index (χ0) is 22.7. The van der Waals surface area contributed by atoms with Crippen molar-refractivity contribution < 1.29 is 9.59 Å². The number of aldehydes is 1. The Balaban J connectivity index is -0.0000000289. The molecule has 0 fully saturated rings. The van der Waals surface area contributed by atoms with Crippen molar-refractivity contribution in [3.63, 3.8) is 0 Å². The fourth-order valence-corrected chi connectivity index (χ4v) is 0.619. The van der Waals surface area contributed by atoms with E-state index in [1.54, 1.807) is 0 Å². The van der Waals surface area contributed by atoms with E-state index in [0.717, 1.165) is 0 Å². The number of hydrogen-bond acceptors (Lipinski definition) is 2. The van der Waals surface area contributed by atoms with Gasteiger partial charge in [0, 0.05) is 6.42 Å². The Morgan fingerprint density at radius 3 is 1.28 bits per heavy atom. The Morgan fingerprint density at radius 1 is 0.840 bits per heavy atom. The maximum Gasteiger partial charge on any atom is 0.216 e. The molecule has 0 aromatic rings. The van der Waals surface area contributed by atoms with Crippen molar-refractivity contribution in [1.29, 1.82) is 0 Å². The molecule has 0 bridgehead atoms. The number of rotatable bonds is 6. The molecule has 1 amide bonds. The second-order valence-corrected chi connectivity index (χ2v) is 2.13. The van der Waals surface area contributed by atoms with Crippen molar-refractivity contribution in [3.8, 4) is 0 Å². The second-order valence-electron chi connectivity index (χ2n) is 2.13. The summed E-state index contributed by atoms with van der Waals surface area (Å²) in [6.45, 7) is 46.0. The summed E-state index contributed by atoms with van der Waals surface area (Å²) in [7, 11) is 0.